The Labute approximate surface area is 93.0 Å². The van der Waals surface area contributed by atoms with E-state index in [2.05, 4.69) is 15.7 Å². The fraction of sp³-hybridized carbons (Fsp3) is 0.444. The van der Waals surface area contributed by atoms with E-state index in [0.717, 1.165) is 0 Å². The van der Waals surface area contributed by atoms with Crippen LogP contribution in [0.2, 0.25) is 0 Å². The molecule has 0 aromatic carbocycles. The molecule has 4 N–H and O–H groups in total. The molecule has 2 amide bonds. The summed E-state index contributed by atoms with van der Waals surface area (Å²) in [6, 6.07) is 1.62. The van der Waals surface area contributed by atoms with Gasteiger partial charge in [-0.3, -0.25) is 14.3 Å². The normalized spacial score (nSPS) is 9.81. The topological polar surface area (TPSA) is 102 Å². The molecule has 0 radical (unpaired) electrons. The van der Waals surface area contributed by atoms with Crippen molar-refractivity contribution in [3.63, 3.8) is 0 Å². The summed E-state index contributed by atoms with van der Waals surface area (Å²) in [5.74, 6) is 0.0913. The van der Waals surface area contributed by atoms with Crippen LogP contribution >= 0.6 is 0 Å². The van der Waals surface area contributed by atoms with Gasteiger partial charge in [-0.1, -0.05) is 0 Å². The van der Waals surface area contributed by atoms with Crippen LogP contribution in [0.5, 0.6) is 0 Å². The number of carbonyl (C=O) groups is 2. The second kappa shape index (κ2) is 5.74. The predicted octanol–water partition coefficient (Wildman–Crippen LogP) is -1.28. The lowest BCUT2D eigenvalue weighted by molar-refractivity contribution is -0.122. The number of aromatic nitrogens is 2. The number of anilines is 1. The summed E-state index contributed by atoms with van der Waals surface area (Å²) in [5, 5.41) is 9.08. The molecule has 7 nitrogen and oxygen atoms in total. The summed E-state index contributed by atoms with van der Waals surface area (Å²) in [7, 11) is 0. The first-order chi connectivity index (χ1) is 7.58. The number of hydrogen-bond donors (Lipinski definition) is 3. The minimum atomic E-state index is -0.173. The van der Waals surface area contributed by atoms with Gasteiger partial charge in [0.15, 0.2) is 0 Å². The van der Waals surface area contributed by atoms with Crippen molar-refractivity contribution >= 4 is 17.6 Å². The summed E-state index contributed by atoms with van der Waals surface area (Å²) in [5.41, 5.74) is 5.40. The van der Waals surface area contributed by atoms with E-state index in [0.29, 0.717) is 18.9 Å². The van der Waals surface area contributed by atoms with Crippen LogP contribution in [-0.2, 0) is 16.1 Å². The molecule has 0 spiro atoms. The van der Waals surface area contributed by atoms with Crippen LogP contribution in [0.1, 0.15) is 6.92 Å². The molecule has 0 fully saturated rings. The maximum absolute atomic E-state index is 11.3. The van der Waals surface area contributed by atoms with Crippen molar-refractivity contribution in [2.45, 2.75) is 13.5 Å². The quantitative estimate of drug-likeness (QED) is 0.543. The number of nitrogens with one attached hydrogen (secondary N) is 2. The zero-order valence-corrected chi connectivity index (χ0v) is 9.06. The molecule has 1 aromatic rings. The van der Waals surface area contributed by atoms with Gasteiger partial charge in [0.05, 0.1) is 0 Å². The summed E-state index contributed by atoms with van der Waals surface area (Å²) in [4.78, 5) is 21.9. The third kappa shape index (κ3) is 4.45. The van der Waals surface area contributed by atoms with Gasteiger partial charge in [-0.2, -0.15) is 5.10 Å². The average molecular weight is 225 g/mol. The molecule has 0 saturated carbocycles. The zero-order valence-electron chi connectivity index (χ0n) is 9.06. The summed E-state index contributed by atoms with van der Waals surface area (Å²) < 4.78 is 1.45. The van der Waals surface area contributed by atoms with Gasteiger partial charge in [0.25, 0.3) is 0 Å². The highest BCUT2D eigenvalue weighted by atomic mass is 16.2. The first-order valence-electron chi connectivity index (χ1n) is 4.88. The van der Waals surface area contributed by atoms with E-state index >= 15 is 0 Å². The molecule has 16 heavy (non-hydrogen) atoms. The van der Waals surface area contributed by atoms with E-state index in [1.165, 1.54) is 11.6 Å². The second-order valence-electron chi connectivity index (χ2n) is 3.27. The van der Waals surface area contributed by atoms with Gasteiger partial charge in [-0.05, 0) is 6.07 Å². The molecule has 0 aliphatic heterocycles. The van der Waals surface area contributed by atoms with E-state index in [1.807, 2.05) is 0 Å². The smallest absolute Gasteiger partial charge is 0.241 e. The standard InChI is InChI=1S/C9H15N5O2/c1-7(15)11-3-4-12-9(16)6-14-5-2-8(10)13-14/h2,5H,3-4,6H2,1H3,(H2,10,13)(H,11,15)(H,12,16). The van der Waals surface area contributed by atoms with Gasteiger partial charge in [-0.25, -0.2) is 0 Å². The van der Waals surface area contributed by atoms with E-state index < -0.39 is 0 Å². The molecule has 0 unspecified atom stereocenters. The van der Waals surface area contributed by atoms with Gasteiger partial charge in [0, 0.05) is 26.2 Å². The Kier molecular flexibility index (Phi) is 4.31. The first kappa shape index (κ1) is 12.0. The highest BCUT2D eigenvalue weighted by Crippen LogP contribution is 1.94. The lowest BCUT2D eigenvalue weighted by Gasteiger charge is -2.05. The van der Waals surface area contributed by atoms with E-state index in [4.69, 9.17) is 5.73 Å². The molecule has 88 valence electrons. The van der Waals surface area contributed by atoms with Crippen LogP contribution in [0.15, 0.2) is 12.3 Å². The first-order valence-corrected chi connectivity index (χ1v) is 4.88. The number of nitrogens with zero attached hydrogens (tertiary/aromatic N) is 2. The second-order valence-corrected chi connectivity index (χ2v) is 3.27. The predicted molar refractivity (Wildman–Crippen MR) is 58.3 cm³/mol. The molecule has 1 heterocycles. The zero-order chi connectivity index (χ0) is 12.0. The van der Waals surface area contributed by atoms with Crippen LogP contribution < -0.4 is 16.4 Å². The Morgan fingerprint density at radius 2 is 2.12 bits per heavy atom. The van der Waals surface area contributed by atoms with Crippen LogP contribution in [0.4, 0.5) is 5.82 Å². The van der Waals surface area contributed by atoms with Crippen molar-refractivity contribution in [3.05, 3.63) is 12.3 Å². The third-order valence-corrected chi connectivity index (χ3v) is 1.79. The molecular weight excluding hydrogens is 210 g/mol. The van der Waals surface area contributed by atoms with Gasteiger partial charge >= 0.3 is 0 Å². The van der Waals surface area contributed by atoms with Crippen molar-refractivity contribution in [1.29, 1.82) is 0 Å². The number of carbonyl (C=O) groups excluding carboxylic acids is 2. The Morgan fingerprint density at radius 3 is 2.69 bits per heavy atom. The minimum absolute atomic E-state index is 0.117. The Morgan fingerprint density at radius 1 is 1.44 bits per heavy atom. The minimum Gasteiger partial charge on any atom is -0.382 e. The van der Waals surface area contributed by atoms with Gasteiger partial charge in [-0.15, -0.1) is 0 Å². The molecule has 1 aromatic heterocycles. The van der Waals surface area contributed by atoms with Gasteiger partial charge in [0.2, 0.25) is 11.8 Å². The summed E-state index contributed by atoms with van der Waals surface area (Å²) in [6.07, 6.45) is 1.63. The van der Waals surface area contributed by atoms with Crippen LogP contribution in [0.3, 0.4) is 0 Å². The maximum Gasteiger partial charge on any atom is 0.241 e. The number of rotatable bonds is 5. The monoisotopic (exact) mass is 225 g/mol. The fourth-order valence-electron chi connectivity index (χ4n) is 1.11. The van der Waals surface area contributed by atoms with Crippen LogP contribution in [0.25, 0.3) is 0 Å². The Balaban J connectivity index is 2.18. The highest BCUT2D eigenvalue weighted by molar-refractivity contribution is 5.76. The molecule has 7 heteroatoms. The average Bonchev–Trinajstić information content (AvgIpc) is 2.58. The Bertz CT molecular complexity index is 374. The molecule has 1 rings (SSSR count). The van der Waals surface area contributed by atoms with Crippen molar-refractivity contribution in [2.24, 2.45) is 0 Å². The number of amides is 2. The van der Waals surface area contributed by atoms with Crippen molar-refractivity contribution in [1.82, 2.24) is 20.4 Å². The van der Waals surface area contributed by atoms with Crippen LogP contribution in [0, 0.1) is 0 Å². The molecule has 0 saturated heterocycles. The highest BCUT2D eigenvalue weighted by Gasteiger charge is 2.02. The van der Waals surface area contributed by atoms with Gasteiger partial charge in [0.1, 0.15) is 12.4 Å². The van der Waals surface area contributed by atoms with E-state index in [-0.39, 0.29) is 18.4 Å². The largest absolute Gasteiger partial charge is 0.382 e. The lowest BCUT2D eigenvalue weighted by atomic mass is 10.5. The summed E-state index contributed by atoms with van der Waals surface area (Å²) in [6.45, 7) is 2.36. The molecule has 0 aliphatic rings. The Hall–Kier alpha value is -2.05. The fourth-order valence-corrected chi connectivity index (χ4v) is 1.11. The van der Waals surface area contributed by atoms with Crippen molar-refractivity contribution < 1.29 is 9.59 Å². The lowest BCUT2D eigenvalue weighted by Crippen LogP contribution is -2.35. The van der Waals surface area contributed by atoms with Crippen LogP contribution in [-0.4, -0.2) is 34.7 Å². The molecular formula is C9H15N5O2. The SMILES string of the molecule is CC(=O)NCCNC(=O)Cn1ccc(N)n1. The molecule has 0 atom stereocenters. The van der Waals surface area contributed by atoms with Crippen molar-refractivity contribution in [2.75, 3.05) is 18.8 Å². The summed E-state index contributed by atoms with van der Waals surface area (Å²) >= 11 is 0. The molecule has 0 bridgehead atoms. The van der Waals surface area contributed by atoms with Gasteiger partial charge < -0.3 is 16.4 Å². The van der Waals surface area contributed by atoms with E-state index in [9.17, 15) is 9.59 Å². The number of nitrogens with two attached hydrogens (primary N) is 1. The van der Waals surface area contributed by atoms with E-state index in [1.54, 1.807) is 12.3 Å². The number of hydrogen-bond acceptors (Lipinski definition) is 4. The van der Waals surface area contributed by atoms with Crippen molar-refractivity contribution in [3.8, 4) is 0 Å². The third-order valence-electron chi connectivity index (χ3n) is 1.79. The molecule has 0 aliphatic carbocycles. The number of nitrogen functional groups attached to an aromatic ring is 1. The maximum atomic E-state index is 11.3.